The molecule has 8 nitrogen and oxygen atoms in total. The molecule has 0 fully saturated rings. The zero-order chi connectivity index (χ0) is 24.0. The van der Waals surface area contributed by atoms with Crippen molar-refractivity contribution in [2.75, 3.05) is 23.8 Å². The van der Waals surface area contributed by atoms with Gasteiger partial charge in [-0.25, -0.2) is 13.4 Å². The first-order chi connectivity index (χ1) is 15.8. The summed E-state index contributed by atoms with van der Waals surface area (Å²) in [6.45, 7) is 6.21. The standard InChI is InChI=1S/C23H28ClN5O3S/c1-4-32-20-10-9-16(11-12-25)13-19(20)28-23-26-14-17(24)22(29-23)27-18-7-5-6-8-21(18)33(30,31)15(2)3/h5-10,13-15H,4,11-12,25H2,1-3H3,(H2,26,27,28,29). The third kappa shape index (κ3) is 5.93. The minimum absolute atomic E-state index is 0.178. The number of ether oxygens (including phenoxy) is 1. The largest absolute Gasteiger partial charge is 0.492 e. The maximum atomic E-state index is 12.8. The molecule has 3 aromatic rings. The van der Waals surface area contributed by atoms with Gasteiger partial charge >= 0.3 is 0 Å². The number of hydrogen-bond donors (Lipinski definition) is 3. The Morgan fingerprint density at radius 3 is 2.58 bits per heavy atom. The average molecular weight is 490 g/mol. The Labute approximate surface area is 199 Å². The summed E-state index contributed by atoms with van der Waals surface area (Å²) in [7, 11) is -3.51. The molecule has 0 aliphatic heterocycles. The second-order valence-electron chi connectivity index (χ2n) is 7.53. The van der Waals surface area contributed by atoms with Gasteiger partial charge in [-0.15, -0.1) is 0 Å². The summed E-state index contributed by atoms with van der Waals surface area (Å²) in [5.74, 6) is 1.20. The summed E-state index contributed by atoms with van der Waals surface area (Å²) in [6.07, 6.45) is 2.17. The molecule has 176 valence electrons. The Hall–Kier alpha value is -2.88. The van der Waals surface area contributed by atoms with Crippen LogP contribution in [0.1, 0.15) is 26.3 Å². The van der Waals surface area contributed by atoms with Gasteiger partial charge in [-0.1, -0.05) is 29.8 Å². The highest BCUT2D eigenvalue weighted by Crippen LogP contribution is 2.32. The summed E-state index contributed by atoms with van der Waals surface area (Å²) >= 11 is 6.32. The Kier molecular flexibility index (Phi) is 8.12. The van der Waals surface area contributed by atoms with E-state index in [9.17, 15) is 8.42 Å². The van der Waals surface area contributed by atoms with Crippen molar-refractivity contribution in [2.45, 2.75) is 37.3 Å². The molecule has 0 unspecified atom stereocenters. The number of aromatic nitrogens is 2. The van der Waals surface area contributed by atoms with Crippen molar-refractivity contribution in [1.82, 2.24) is 9.97 Å². The van der Waals surface area contributed by atoms with Crippen molar-refractivity contribution >= 4 is 44.6 Å². The molecule has 0 aliphatic carbocycles. The second kappa shape index (κ2) is 10.8. The van der Waals surface area contributed by atoms with E-state index in [0.717, 1.165) is 12.0 Å². The van der Waals surface area contributed by atoms with Crippen molar-refractivity contribution < 1.29 is 13.2 Å². The van der Waals surface area contributed by atoms with Gasteiger partial charge in [0.2, 0.25) is 5.95 Å². The molecule has 0 saturated heterocycles. The smallest absolute Gasteiger partial charge is 0.229 e. The summed E-state index contributed by atoms with van der Waals surface area (Å²) < 4.78 is 31.3. The number of nitrogens with zero attached hydrogens (tertiary/aromatic N) is 2. The number of benzene rings is 2. The van der Waals surface area contributed by atoms with E-state index in [1.165, 1.54) is 6.20 Å². The minimum atomic E-state index is -3.51. The van der Waals surface area contributed by atoms with Crippen LogP contribution in [0.2, 0.25) is 5.02 Å². The summed E-state index contributed by atoms with van der Waals surface area (Å²) in [6, 6.07) is 12.4. The molecule has 0 aliphatic rings. The highest BCUT2D eigenvalue weighted by atomic mass is 35.5. The van der Waals surface area contributed by atoms with E-state index in [4.69, 9.17) is 22.1 Å². The fourth-order valence-corrected chi connectivity index (χ4v) is 4.45. The average Bonchev–Trinajstić information content (AvgIpc) is 2.78. The predicted octanol–water partition coefficient (Wildman–Crippen LogP) is 4.70. The molecule has 1 aromatic heterocycles. The maximum absolute atomic E-state index is 12.8. The van der Waals surface area contributed by atoms with Crippen molar-refractivity contribution in [3.05, 3.63) is 59.2 Å². The lowest BCUT2D eigenvalue weighted by Crippen LogP contribution is -2.15. The van der Waals surface area contributed by atoms with Gasteiger partial charge in [-0.2, -0.15) is 4.98 Å². The van der Waals surface area contributed by atoms with Crippen LogP contribution < -0.4 is 21.1 Å². The fraction of sp³-hybridized carbons (Fsp3) is 0.304. The summed E-state index contributed by atoms with van der Waals surface area (Å²) in [5, 5.41) is 5.89. The second-order valence-corrected chi connectivity index (χ2v) is 10.4. The molecule has 0 saturated carbocycles. The number of rotatable bonds is 10. The Bertz CT molecular complexity index is 1220. The number of hydrogen-bond acceptors (Lipinski definition) is 8. The third-order valence-corrected chi connectivity index (χ3v) is 7.32. The van der Waals surface area contributed by atoms with Crippen molar-refractivity contribution in [3.63, 3.8) is 0 Å². The van der Waals surface area contributed by atoms with E-state index in [1.54, 1.807) is 38.1 Å². The Morgan fingerprint density at radius 2 is 1.88 bits per heavy atom. The lowest BCUT2D eigenvalue weighted by molar-refractivity contribution is 0.342. The van der Waals surface area contributed by atoms with Gasteiger partial charge in [0, 0.05) is 0 Å². The molecular formula is C23H28ClN5O3S. The summed E-state index contributed by atoms with van der Waals surface area (Å²) in [4.78, 5) is 8.90. The van der Waals surface area contributed by atoms with Crippen molar-refractivity contribution in [2.24, 2.45) is 5.73 Å². The van der Waals surface area contributed by atoms with Crippen LogP contribution in [0.3, 0.4) is 0 Å². The number of sulfone groups is 1. The van der Waals surface area contributed by atoms with E-state index >= 15 is 0 Å². The van der Waals surface area contributed by atoms with E-state index < -0.39 is 15.1 Å². The van der Waals surface area contributed by atoms with E-state index in [-0.39, 0.29) is 21.7 Å². The lowest BCUT2D eigenvalue weighted by Gasteiger charge is -2.16. The molecule has 0 radical (unpaired) electrons. The van der Waals surface area contributed by atoms with Crippen LogP contribution >= 0.6 is 11.6 Å². The van der Waals surface area contributed by atoms with Crippen LogP contribution in [0, 0.1) is 0 Å². The molecule has 0 amide bonds. The quantitative estimate of drug-likeness (QED) is 0.375. The van der Waals surface area contributed by atoms with Gasteiger partial charge in [-0.3, -0.25) is 0 Å². The molecule has 10 heteroatoms. The van der Waals surface area contributed by atoms with Gasteiger partial charge in [-0.05, 0) is 63.6 Å². The van der Waals surface area contributed by atoms with Crippen molar-refractivity contribution in [3.8, 4) is 5.75 Å². The van der Waals surface area contributed by atoms with E-state index in [2.05, 4.69) is 20.6 Å². The van der Waals surface area contributed by atoms with Gasteiger partial charge in [0.05, 0.1) is 34.3 Å². The van der Waals surface area contributed by atoms with Crippen LogP contribution in [0.4, 0.5) is 23.1 Å². The molecule has 1 heterocycles. The highest BCUT2D eigenvalue weighted by molar-refractivity contribution is 7.92. The number of nitrogens with two attached hydrogens (primary N) is 1. The van der Waals surface area contributed by atoms with Crippen molar-refractivity contribution in [1.29, 1.82) is 0 Å². The van der Waals surface area contributed by atoms with E-state index in [1.807, 2.05) is 25.1 Å². The van der Waals surface area contributed by atoms with Crippen LogP contribution in [0.5, 0.6) is 5.75 Å². The monoisotopic (exact) mass is 489 g/mol. The molecule has 0 atom stereocenters. The third-order valence-electron chi connectivity index (χ3n) is 4.83. The maximum Gasteiger partial charge on any atom is 0.229 e. The van der Waals surface area contributed by atoms with Gasteiger partial charge in [0.1, 0.15) is 10.8 Å². The van der Waals surface area contributed by atoms with Crippen LogP contribution in [-0.2, 0) is 16.3 Å². The highest BCUT2D eigenvalue weighted by Gasteiger charge is 2.23. The van der Waals surface area contributed by atoms with Gasteiger partial charge in [0.25, 0.3) is 0 Å². The predicted molar refractivity (Wildman–Crippen MR) is 133 cm³/mol. The number of nitrogens with one attached hydrogen (secondary N) is 2. The topological polar surface area (TPSA) is 119 Å². The summed E-state index contributed by atoms with van der Waals surface area (Å²) in [5.41, 5.74) is 7.81. The molecule has 3 rings (SSSR count). The first-order valence-corrected chi connectivity index (χ1v) is 12.5. The number of halogens is 1. The van der Waals surface area contributed by atoms with Gasteiger partial charge < -0.3 is 21.1 Å². The minimum Gasteiger partial charge on any atom is -0.492 e. The normalized spacial score (nSPS) is 11.5. The molecule has 4 N–H and O–H groups in total. The molecular weight excluding hydrogens is 462 g/mol. The van der Waals surface area contributed by atoms with Crippen LogP contribution in [0.15, 0.2) is 53.6 Å². The van der Waals surface area contributed by atoms with E-state index in [0.29, 0.717) is 30.3 Å². The molecule has 0 spiro atoms. The number of anilines is 4. The Balaban J connectivity index is 1.95. The molecule has 0 bridgehead atoms. The van der Waals surface area contributed by atoms with Crippen LogP contribution in [-0.4, -0.2) is 36.8 Å². The van der Waals surface area contributed by atoms with Gasteiger partial charge in [0.15, 0.2) is 15.7 Å². The zero-order valence-electron chi connectivity index (χ0n) is 18.8. The lowest BCUT2D eigenvalue weighted by atomic mass is 10.1. The molecule has 33 heavy (non-hydrogen) atoms. The first-order valence-electron chi connectivity index (χ1n) is 10.6. The Morgan fingerprint density at radius 1 is 1.12 bits per heavy atom. The zero-order valence-corrected chi connectivity index (χ0v) is 20.4. The fourth-order valence-electron chi connectivity index (χ4n) is 3.11. The van der Waals surface area contributed by atoms with Crippen LogP contribution in [0.25, 0.3) is 0 Å². The molecule has 2 aromatic carbocycles. The SMILES string of the molecule is CCOc1ccc(CCN)cc1Nc1ncc(Cl)c(Nc2ccccc2S(=O)(=O)C(C)C)n1. The first kappa shape index (κ1) is 24.8. The number of para-hydroxylation sites is 1.